The third kappa shape index (κ3) is 4.07. The number of nitrogens with one attached hydrogen (secondary N) is 1. The van der Waals surface area contributed by atoms with Crippen LogP contribution in [-0.2, 0) is 14.9 Å². The molecule has 1 aromatic heterocycles. The molecule has 2 fully saturated rings. The second-order valence-electron chi connectivity index (χ2n) is 6.57. The van der Waals surface area contributed by atoms with Gasteiger partial charge in [0.15, 0.2) is 0 Å². The van der Waals surface area contributed by atoms with E-state index < -0.39 is 15.8 Å². The van der Waals surface area contributed by atoms with E-state index in [9.17, 15) is 8.42 Å². The summed E-state index contributed by atoms with van der Waals surface area (Å²) in [6, 6.07) is 3.54. The molecule has 2 aliphatic heterocycles. The normalized spacial score (nSPS) is 25.8. The summed E-state index contributed by atoms with van der Waals surface area (Å²) in [5.41, 5.74) is 0.458. The Balaban J connectivity index is 0.00000208. The number of ether oxygens (including phenoxy) is 1. The van der Waals surface area contributed by atoms with Crippen molar-refractivity contribution >= 4 is 22.6 Å². The van der Waals surface area contributed by atoms with Gasteiger partial charge in [-0.05, 0) is 25.5 Å². The average molecular weight is 377 g/mol. The zero-order chi connectivity index (χ0) is 16.5. The van der Waals surface area contributed by atoms with Crippen molar-refractivity contribution in [1.29, 1.82) is 0 Å². The predicted octanol–water partition coefficient (Wildman–Crippen LogP) is 0.805. The van der Waals surface area contributed by atoms with Gasteiger partial charge < -0.3 is 10.1 Å². The number of morpholine rings is 1. The van der Waals surface area contributed by atoms with Gasteiger partial charge in [-0.1, -0.05) is 6.07 Å². The summed E-state index contributed by atoms with van der Waals surface area (Å²) >= 11 is 0. The molecule has 0 radical (unpaired) electrons. The van der Waals surface area contributed by atoms with Gasteiger partial charge >= 0.3 is 0 Å². The molecule has 2 saturated heterocycles. The summed E-state index contributed by atoms with van der Waals surface area (Å²) in [4.78, 5) is 4.13. The van der Waals surface area contributed by atoms with E-state index in [1.54, 1.807) is 21.0 Å². The lowest BCUT2D eigenvalue weighted by Gasteiger charge is -2.42. The van der Waals surface area contributed by atoms with Crippen LogP contribution < -0.4 is 5.32 Å². The first-order valence-electron chi connectivity index (χ1n) is 7.92. The predicted molar refractivity (Wildman–Crippen MR) is 94.3 cm³/mol. The zero-order valence-electron chi connectivity index (χ0n) is 14.0. The molecule has 7 nitrogen and oxygen atoms in total. The lowest BCUT2D eigenvalue weighted by atomic mass is 10.1. The van der Waals surface area contributed by atoms with Crippen molar-refractivity contribution in [3.05, 3.63) is 30.1 Å². The van der Waals surface area contributed by atoms with E-state index in [-0.39, 0.29) is 18.4 Å². The Morgan fingerprint density at radius 2 is 2.17 bits per heavy atom. The Kier molecular flexibility index (Phi) is 6.22. The van der Waals surface area contributed by atoms with Crippen LogP contribution in [0.4, 0.5) is 0 Å². The highest BCUT2D eigenvalue weighted by atomic mass is 35.5. The Labute approximate surface area is 150 Å². The van der Waals surface area contributed by atoms with E-state index in [4.69, 9.17) is 4.74 Å². The number of aromatic nitrogens is 1. The molecule has 0 aliphatic carbocycles. The standard InChI is InChI=1S/C15H24N4O3S.ClH/c1-15(2)12-18(8-9-22-15)23(20,21)19-7-6-17-11-14(19)13-4-3-5-16-10-13;/h3-5,10,14,17H,6-9,11-12H2,1-2H3;1H. The highest BCUT2D eigenvalue weighted by Gasteiger charge is 2.41. The largest absolute Gasteiger partial charge is 0.373 e. The van der Waals surface area contributed by atoms with Crippen molar-refractivity contribution in [3.8, 4) is 0 Å². The molecule has 9 heteroatoms. The minimum atomic E-state index is -3.53. The molecule has 3 heterocycles. The molecule has 2 aliphatic rings. The zero-order valence-corrected chi connectivity index (χ0v) is 15.6. The van der Waals surface area contributed by atoms with Crippen LogP contribution in [0, 0.1) is 0 Å². The number of pyridine rings is 1. The molecule has 0 bridgehead atoms. The molecular weight excluding hydrogens is 352 g/mol. The van der Waals surface area contributed by atoms with Crippen LogP contribution in [0.5, 0.6) is 0 Å². The maximum absolute atomic E-state index is 13.2. The van der Waals surface area contributed by atoms with Gasteiger partial charge in [0.25, 0.3) is 10.2 Å². The topological polar surface area (TPSA) is 74.8 Å². The van der Waals surface area contributed by atoms with E-state index >= 15 is 0 Å². The average Bonchev–Trinajstić information content (AvgIpc) is 2.55. The summed E-state index contributed by atoms with van der Waals surface area (Å²) in [7, 11) is -3.53. The minimum absolute atomic E-state index is 0. The first kappa shape index (κ1) is 19.6. The molecular formula is C15H25ClN4O3S. The van der Waals surface area contributed by atoms with Crippen molar-refractivity contribution < 1.29 is 13.2 Å². The number of rotatable bonds is 3. The number of halogens is 1. The van der Waals surface area contributed by atoms with Crippen molar-refractivity contribution in [3.63, 3.8) is 0 Å². The molecule has 1 unspecified atom stereocenters. The van der Waals surface area contributed by atoms with Crippen LogP contribution in [0.3, 0.4) is 0 Å². The van der Waals surface area contributed by atoms with Crippen LogP contribution in [0.25, 0.3) is 0 Å². The van der Waals surface area contributed by atoms with Crippen molar-refractivity contribution in [2.24, 2.45) is 0 Å². The van der Waals surface area contributed by atoms with Gasteiger partial charge in [-0.2, -0.15) is 17.0 Å². The Morgan fingerprint density at radius 1 is 1.38 bits per heavy atom. The summed E-state index contributed by atoms with van der Waals surface area (Å²) in [6.45, 7) is 6.75. The van der Waals surface area contributed by atoms with E-state index in [0.29, 0.717) is 39.3 Å². The van der Waals surface area contributed by atoms with E-state index in [1.807, 2.05) is 26.0 Å². The van der Waals surface area contributed by atoms with Crippen LogP contribution in [0.1, 0.15) is 25.5 Å². The molecule has 0 spiro atoms. The van der Waals surface area contributed by atoms with Crippen LogP contribution in [-0.4, -0.2) is 66.9 Å². The first-order valence-corrected chi connectivity index (χ1v) is 9.31. The summed E-state index contributed by atoms with van der Waals surface area (Å²) < 4.78 is 35.1. The first-order chi connectivity index (χ1) is 10.9. The van der Waals surface area contributed by atoms with Gasteiger partial charge in [0.05, 0.1) is 18.2 Å². The molecule has 0 aromatic carbocycles. The van der Waals surface area contributed by atoms with Crippen molar-refractivity contribution in [2.75, 3.05) is 39.3 Å². The summed E-state index contributed by atoms with van der Waals surface area (Å²) in [5.74, 6) is 0. The maximum Gasteiger partial charge on any atom is 0.282 e. The Hall–Kier alpha value is -0.770. The fraction of sp³-hybridized carbons (Fsp3) is 0.667. The van der Waals surface area contributed by atoms with Gasteiger partial charge in [-0.25, -0.2) is 0 Å². The third-order valence-electron chi connectivity index (χ3n) is 4.28. The van der Waals surface area contributed by atoms with Crippen LogP contribution >= 0.6 is 12.4 Å². The van der Waals surface area contributed by atoms with Gasteiger partial charge in [-0.3, -0.25) is 4.98 Å². The number of piperazine rings is 1. The number of nitrogens with zero attached hydrogens (tertiary/aromatic N) is 3. The van der Waals surface area contributed by atoms with Gasteiger partial charge in [0.2, 0.25) is 0 Å². The van der Waals surface area contributed by atoms with Gasteiger partial charge in [0.1, 0.15) is 0 Å². The summed E-state index contributed by atoms with van der Waals surface area (Å²) in [5, 5.41) is 3.28. The lowest BCUT2D eigenvalue weighted by molar-refractivity contribution is -0.0656. The number of hydrogen-bond donors (Lipinski definition) is 1. The molecule has 3 rings (SSSR count). The Morgan fingerprint density at radius 3 is 2.83 bits per heavy atom. The van der Waals surface area contributed by atoms with Crippen LogP contribution in [0.15, 0.2) is 24.5 Å². The van der Waals surface area contributed by atoms with Gasteiger partial charge in [0, 0.05) is 45.1 Å². The lowest BCUT2D eigenvalue weighted by Crippen LogP contribution is -2.58. The molecule has 1 atom stereocenters. The highest BCUT2D eigenvalue weighted by Crippen LogP contribution is 2.28. The number of hydrogen-bond acceptors (Lipinski definition) is 5. The Bertz CT molecular complexity index is 641. The molecule has 24 heavy (non-hydrogen) atoms. The SMILES string of the molecule is CC1(C)CN(S(=O)(=O)N2CCNCC2c2cccnc2)CCO1.Cl. The molecule has 1 N–H and O–H groups in total. The second-order valence-corrected chi connectivity index (χ2v) is 8.45. The third-order valence-corrected chi connectivity index (χ3v) is 6.27. The monoisotopic (exact) mass is 376 g/mol. The van der Waals surface area contributed by atoms with Gasteiger partial charge in [-0.15, -0.1) is 12.4 Å². The summed E-state index contributed by atoms with van der Waals surface area (Å²) in [6.07, 6.45) is 3.44. The van der Waals surface area contributed by atoms with Crippen molar-refractivity contribution in [2.45, 2.75) is 25.5 Å². The van der Waals surface area contributed by atoms with Crippen molar-refractivity contribution in [1.82, 2.24) is 18.9 Å². The smallest absolute Gasteiger partial charge is 0.282 e. The van der Waals surface area contributed by atoms with Crippen LogP contribution in [0.2, 0.25) is 0 Å². The molecule has 0 saturated carbocycles. The molecule has 0 amide bonds. The quantitative estimate of drug-likeness (QED) is 0.844. The van der Waals surface area contributed by atoms with E-state index in [1.165, 1.54) is 0 Å². The fourth-order valence-corrected chi connectivity index (χ4v) is 5.05. The minimum Gasteiger partial charge on any atom is -0.373 e. The fourth-order valence-electron chi connectivity index (χ4n) is 3.14. The highest BCUT2D eigenvalue weighted by molar-refractivity contribution is 7.86. The molecule has 136 valence electrons. The van der Waals surface area contributed by atoms with E-state index in [2.05, 4.69) is 10.3 Å². The maximum atomic E-state index is 13.2. The molecule has 1 aromatic rings. The second kappa shape index (κ2) is 7.63. The van der Waals surface area contributed by atoms with E-state index in [0.717, 1.165) is 5.56 Å².